The number of aromatic nitrogens is 1. The molecule has 0 aliphatic carbocycles. The van der Waals surface area contributed by atoms with Crippen LogP contribution in [-0.2, 0) is 0 Å². The number of benzene rings is 2. The van der Waals surface area contributed by atoms with Gasteiger partial charge in [-0.2, -0.15) is 0 Å². The van der Waals surface area contributed by atoms with E-state index in [0.717, 1.165) is 6.07 Å². The molecule has 138 valence electrons. The summed E-state index contributed by atoms with van der Waals surface area (Å²) in [6, 6.07) is 10.7. The Bertz CT molecular complexity index is 1120. The third-order valence-corrected chi connectivity index (χ3v) is 4.29. The fourth-order valence-electron chi connectivity index (χ4n) is 3.30. The van der Waals surface area contributed by atoms with E-state index in [1.807, 2.05) is 0 Å². The minimum absolute atomic E-state index is 0.0424. The maximum Gasteiger partial charge on any atom is 0.150 e. The smallest absolute Gasteiger partial charge is 0.150 e. The van der Waals surface area contributed by atoms with Crippen LogP contribution in [0.25, 0.3) is 22.2 Å². The zero-order chi connectivity index (χ0) is 19.9. The number of aromatic hydroxyl groups is 1. The first kappa shape index (κ1) is 18.2. The van der Waals surface area contributed by atoms with Crippen LogP contribution in [0.1, 0.15) is 25.1 Å². The number of hydrogen-bond acceptors (Lipinski definition) is 4. The molecule has 0 amide bonds. The first-order valence-corrected chi connectivity index (χ1v) is 8.16. The average Bonchev–Trinajstić information content (AvgIpc) is 2.89. The van der Waals surface area contributed by atoms with Gasteiger partial charge >= 0.3 is 0 Å². The highest BCUT2D eigenvalue weighted by atomic mass is 19.1. The number of nitrogens with zero attached hydrogens (tertiary/aromatic N) is 1. The zero-order valence-corrected chi connectivity index (χ0v) is 14.8. The Kier molecular flexibility index (Phi) is 4.45. The predicted molar refractivity (Wildman–Crippen MR) is 105 cm³/mol. The summed E-state index contributed by atoms with van der Waals surface area (Å²) in [5.74, 6) is -1.32. The van der Waals surface area contributed by atoms with Gasteiger partial charge in [-0.25, -0.2) is 4.39 Å². The highest BCUT2D eigenvalue weighted by molar-refractivity contribution is 6.26. The Labute approximate surface area is 155 Å². The number of nitrogens with one attached hydrogen (secondary N) is 2. The lowest BCUT2D eigenvalue weighted by Crippen LogP contribution is -2.16. The number of phenolic OH excluding ortho intramolecular Hbond substituents is 1. The molecule has 6 N–H and O–H groups in total. The summed E-state index contributed by atoms with van der Waals surface area (Å²) in [7, 11) is 0. The number of aliphatic hydroxyl groups is 1. The minimum Gasteiger partial charge on any atom is -0.512 e. The number of nitrogen functional groups attached to an aromatic ring is 1. The van der Waals surface area contributed by atoms with Crippen LogP contribution < -0.4 is 5.73 Å². The molecule has 2 aromatic carbocycles. The summed E-state index contributed by atoms with van der Waals surface area (Å²) in [5.41, 5.74) is 7.24. The highest BCUT2D eigenvalue weighted by Gasteiger charge is 2.26. The Morgan fingerprint density at radius 1 is 1.11 bits per heavy atom. The van der Waals surface area contributed by atoms with Gasteiger partial charge < -0.3 is 25.9 Å². The fraction of sp³-hybridized carbons (Fsp3) is 0.100. The molecule has 0 saturated heterocycles. The molecule has 27 heavy (non-hydrogen) atoms. The second-order valence-corrected chi connectivity index (χ2v) is 6.21. The standard InChI is InChI=1S/C20H19FN4O2/c1-10(22)17(11(2)26)19-18(20(23)24)13-5-3-4-6-15(13)25(19)16-8-7-12(27)9-14(16)21/h3-9,22,26-27H,1-2H3,(H3,23,24)/b17-11+,22-10?. The number of halogens is 1. The highest BCUT2D eigenvalue weighted by Crippen LogP contribution is 2.36. The third kappa shape index (κ3) is 2.93. The van der Waals surface area contributed by atoms with Crippen LogP contribution in [0.5, 0.6) is 5.75 Å². The van der Waals surface area contributed by atoms with Crippen LogP contribution >= 0.6 is 0 Å². The van der Waals surface area contributed by atoms with Crippen LogP contribution in [0.2, 0.25) is 0 Å². The van der Waals surface area contributed by atoms with E-state index >= 15 is 0 Å². The number of rotatable bonds is 4. The van der Waals surface area contributed by atoms with Crippen LogP contribution in [0.15, 0.2) is 48.2 Å². The molecule has 3 aromatic rings. The first-order chi connectivity index (χ1) is 12.7. The van der Waals surface area contributed by atoms with Gasteiger partial charge in [-0.15, -0.1) is 0 Å². The molecule has 0 atom stereocenters. The summed E-state index contributed by atoms with van der Waals surface area (Å²) >= 11 is 0. The van der Waals surface area contributed by atoms with Crippen LogP contribution in [0.3, 0.4) is 0 Å². The Balaban J connectivity index is 2.60. The van der Waals surface area contributed by atoms with Gasteiger partial charge in [-0.3, -0.25) is 5.41 Å². The summed E-state index contributed by atoms with van der Waals surface area (Å²) in [5, 5.41) is 36.5. The Morgan fingerprint density at radius 3 is 2.33 bits per heavy atom. The van der Waals surface area contributed by atoms with E-state index in [-0.39, 0.29) is 40.0 Å². The maximum atomic E-state index is 14.7. The molecular formula is C20H19FN4O2. The van der Waals surface area contributed by atoms with E-state index in [0.29, 0.717) is 16.5 Å². The summed E-state index contributed by atoms with van der Waals surface area (Å²) in [6.07, 6.45) is 0. The molecule has 0 aliphatic rings. The minimum atomic E-state index is -0.690. The lowest BCUT2D eigenvalue weighted by Gasteiger charge is -2.16. The number of para-hydroxylation sites is 1. The third-order valence-electron chi connectivity index (χ3n) is 4.29. The molecule has 0 aliphatic heterocycles. The van der Waals surface area contributed by atoms with Crippen molar-refractivity contribution in [2.24, 2.45) is 5.73 Å². The van der Waals surface area contributed by atoms with Gasteiger partial charge in [0.25, 0.3) is 0 Å². The second kappa shape index (κ2) is 6.60. The van der Waals surface area contributed by atoms with Crippen molar-refractivity contribution >= 4 is 28.0 Å². The van der Waals surface area contributed by atoms with Crippen molar-refractivity contribution in [3.63, 3.8) is 0 Å². The molecule has 3 rings (SSSR count). The van der Waals surface area contributed by atoms with Crippen molar-refractivity contribution in [2.75, 3.05) is 0 Å². The van der Waals surface area contributed by atoms with Crippen molar-refractivity contribution in [1.82, 2.24) is 4.57 Å². The number of fused-ring (bicyclic) bond motifs is 1. The molecule has 0 saturated carbocycles. The van der Waals surface area contributed by atoms with Crippen molar-refractivity contribution in [1.29, 1.82) is 10.8 Å². The van der Waals surface area contributed by atoms with E-state index in [1.54, 1.807) is 24.3 Å². The van der Waals surface area contributed by atoms with Gasteiger partial charge in [-0.1, -0.05) is 18.2 Å². The van der Waals surface area contributed by atoms with E-state index in [4.69, 9.17) is 16.6 Å². The summed E-state index contributed by atoms with van der Waals surface area (Å²) in [4.78, 5) is 0. The number of allylic oxidation sites excluding steroid dienone is 2. The summed E-state index contributed by atoms with van der Waals surface area (Å²) in [6.45, 7) is 2.92. The van der Waals surface area contributed by atoms with E-state index in [2.05, 4.69) is 0 Å². The predicted octanol–water partition coefficient (Wildman–Crippen LogP) is 4.09. The largest absolute Gasteiger partial charge is 0.512 e. The lowest BCUT2D eigenvalue weighted by molar-refractivity contribution is 0.418. The van der Waals surface area contributed by atoms with E-state index < -0.39 is 5.82 Å². The quantitative estimate of drug-likeness (QED) is 0.272. The lowest BCUT2D eigenvalue weighted by atomic mass is 10.0. The van der Waals surface area contributed by atoms with Crippen molar-refractivity contribution in [2.45, 2.75) is 13.8 Å². The fourth-order valence-corrected chi connectivity index (χ4v) is 3.30. The van der Waals surface area contributed by atoms with Crippen molar-refractivity contribution in [3.8, 4) is 11.4 Å². The molecule has 0 bridgehead atoms. The molecule has 7 heteroatoms. The number of hydrogen-bond donors (Lipinski definition) is 5. The van der Waals surface area contributed by atoms with Crippen LogP contribution in [-0.4, -0.2) is 26.3 Å². The molecule has 0 spiro atoms. The van der Waals surface area contributed by atoms with Crippen LogP contribution in [0.4, 0.5) is 4.39 Å². The van der Waals surface area contributed by atoms with Crippen LogP contribution in [0, 0.1) is 16.6 Å². The van der Waals surface area contributed by atoms with E-state index in [1.165, 1.54) is 30.5 Å². The Morgan fingerprint density at radius 2 is 1.78 bits per heavy atom. The van der Waals surface area contributed by atoms with E-state index in [9.17, 15) is 14.6 Å². The van der Waals surface area contributed by atoms with Crippen molar-refractivity contribution in [3.05, 3.63) is 65.3 Å². The molecule has 6 nitrogen and oxygen atoms in total. The van der Waals surface area contributed by atoms with Gasteiger partial charge in [0, 0.05) is 17.2 Å². The Hall–Kier alpha value is -3.61. The SMILES string of the molecule is CC(=N)/C(=C(/C)O)c1c(C(=N)N)c2ccccc2n1-c1ccc(O)cc1F. The molecule has 0 radical (unpaired) electrons. The normalized spacial score (nSPS) is 12.1. The van der Waals surface area contributed by atoms with Crippen molar-refractivity contribution < 1.29 is 14.6 Å². The zero-order valence-electron chi connectivity index (χ0n) is 14.8. The average molecular weight is 366 g/mol. The van der Waals surface area contributed by atoms with Gasteiger partial charge in [-0.05, 0) is 32.0 Å². The summed E-state index contributed by atoms with van der Waals surface area (Å²) < 4.78 is 16.2. The van der Waals surface area contributed by atoms with Gasteiger partial charge in [0.05, 0.1) is 28.0 Å². The van der Waals surface area contributed by atoms with Gasteiger partial charge in [0.2, 0.25) is 0 Å². The number of amidine groups is 1. The molecule has 1 aromatic heterocycles. The van der Waals surface area contributed by atoms with Gasteiger partial charge in [0.15, 0.2) is 5.82 Å². The number of phenols is 1. The first-order valence-electron chi connectivity index (χ1n) is 8.16. The second-order valence-electron chi connectivity index (χ2n) is 6.21. The maximum absolute atomic E-state index is 14.7. The topological polar surface area (TPSA) is 119 Å². The molecular weight excluding hydrogens is 347 g/mol. The van der Waals surface area contributed by atoms with Gasteiger partial charge in [0.1, 0.15) is 17.3 Å². The number of nitrogens with two attached hydrogens (primary N) is 1. The number of aliphatic hydroxyl groups excluding tert-OH is 1. The molecule has 0 unspecified atom stereocenters. The molecule has 0 fully saturated rings. The molecule has 1 heterocycles. The monoisotopic (exact) mass is 366 g/mol.